The summed E-state index contributed by atoms with van der Waals surface area (Å²) in [5.41, 5.74) is 0. The molecule has 1 unspecified atom stereocenters. The third-order valence-electron chi connectivity index (χ3n) is 3.12. The summed E-state index contributed by atoms with van der Waals surface area (Å²) in [7, 11) is 4.01. The van der Waals surface area contributed by atoms with Crippen molar-refractivity contribution in [2.45, 2.75) is 38.0 Å². The molecule has 0 bridgehead atoms. The van der Waals surface area contributed by atoms with E-state index in [1.165, 1.54) is 0 Å². The highest BCUT2D eigenvalue weighted by molar-refractivity contribution is 5.85. The zero-order valence-corrected chi connectivity index (χ0v) is 10.5. The minimum Gasteiger partial charge on any atom is -0.339 e. The van der Waals surface area contributed by atoms with Gasteiger partial charge in [0.15, 0.2) is 5.82 Å². The van der Waals surface area contributed by atoms with Gasteiger partial charge in [-0.25, -0.2) is 0 Å². The first-order valence-electron chi connectivity index (χ1n) is 6.17. The van der Waals surface area contributed by atoms with Crippen LogP contribution in [0.1, 0.15) is 43.3 Å². The van der Waals surface area contributed by atoms with Crippen molar-refractivity contribution >= 4 is 5.78 Å². The summed E-state index contributed by atoms with van der Waals surface area (Å²) in [5, 5.41) is 3.93. The Morgan fingerprint density at radius 1 is 1.41 bits per heavy atom. The second kappa shape index (κ2) is 5.40. The van der Waals surface area contributed by atoms with Gasteiger partial charge in [-0.2, -0.15) is 4.98 Å². The monoisotopic (exact) mass is 237 g/mol. The van der Waals surface area contributed by atoms with Gasteiger partial charge in [0.1, 0.15) is 5.78 Å². The Morgan fingerprint density at radius 3 is 2.94 bits per heavy atom. The number of ketones is 1. The minimum absolute atomic E-state index is 0.149. The van der Waals surface area contributed by atoms with Crippen molar-refractivity contribution in [3.05, 3.63) is 11.7 Å². The topological polar surface area (TPSA) is 59.2 Å². The molecule has 17 heavy (non-hydrogen) atoms. The number of carbonyl (C=O) groups excluding carboxylic acids is 1. The molecule has 0 amide bonds. The highest BCUT2D eigenvalue weighted by atomic mass is 16.5. The number of hydrogen-bond acceptors (Lipinski definition) is 5. The summed E-state index contributed by atoms with van der Waals surface area (Å²) in [6.45, 7) is 0.886. The van der Waals surface area contributed by atoms with Gasteiger partial charge in [0.05, 0.1) is 5.92 Å². The summed E-state index contributed by atoms with van der Waals surface area (Å²) < 4.78 is 5.21. The largest absolute Gasteiger partial charge is 0.339 e. The van der Waals surface area contributed by atoms with Gasteiger partial charge in [-0.1, -0.05) is 11.6 Å². The van der Waals surface area contributed by atoms with E-state index in [1.807, 2.05) is 14.1 Å². The fourth-order valence-electron chi connectivity index (χ4n) is 2.08. The second-order valence-corrected chi connectivity index (χ2v) is 4.87. The van der Waals surface area contributed by atoms with Gasteiger partial charge in [-0.05, 0) is 26.9 Å². The Morgan fingerprint density at radius 2 is 2.24 bits per heavy atom. The molecule has 1 fully saturated rings. The summed E-state index contributed by atoms with van der Waals surface area (Å²) in [6, 6.07) is 0. The average Bonchev–Trinajstić information content (AvgIpc) is 2.75. The first-order valence-corrected chi connectivity index (χ1v) is 6.17. The molecule has 0 aliphatic heterocycles. The third kappa shape index (κ3) is 3.12. The predicted molar refractivity (Wildman–Crippen MR) is 62.8 cm³/mol. The molecule has 0 aromatic carbocycles. The van der Waals surface area contributed by atoms with Crippen LogP contribution in [-0.2, 0) is 11.2 Å². The molecule has 1 heterocycles. The quantitative estimate of drug-likeness (QED) is 0.792. The molecule has 0 spiro atoms. The van der Waals surface area contributed by atoms with Crippen molar-refractivity contribution in [2.24, 2.45) is 0 Å². The first-order chi connectivity index (χ1) is 8.16. The number of nitrogens with zero attached hydrogens (tertiary/aromatic N) is 3. The summed E-state index contributed by atoms with van der Waals surface area (Å²) in [4.78, 5) is 18.1. The molecule has 2 rings (SSSR count). The lowest BCUT2D eigenvalue weighted by atomic mass is 9.88. The normalized spacial score (nSPS) is 21.1. The number of likely N-dealkylation sites (N-methyl/N-ethyl adjacent to an activating group) is 1. The van der Waals surface area contributed by atoms with Crippen LogP contribution in [0.15, 0.2) is 4.52 Å². The molecular weight excluding hydrogens is 218 g/mol. The fourth-order valence-corrected chi connectivity index (χ4v) is 2.08. The van der Waals surface area contributed by atoms with Crippen LogP contribution in [0.4, 0.5) is 0 Å². The average molecular weight is 237 g/mol. The maximum absolute atomic E-state index is 11.7. The zero-order chi connectivity index (χ0) is 12.3. The third-order valence-corrected chi connectivity index (χ3v) is 3.12. The van der Waals surface area contributed by atoms with E-state index in [0.29, 0.717) is 18.1 Å². The Balaban J connectivity index is 1.99. The van der Waals surface area contributed by atoms with Crippen LogP contribution in [0.5, 0.6) is 0 Å². The molecule has 0 N–H and O–H groups in total. The predicted octanol–water partition coefficient (Wildman–Crippen LogP) is 1.40. The van der Waals surface area contributed by atoms with Crippen molar-refractivity contribution in [2.75, 3.05) is 20.6 Å². The molecule has 0 radical (unpaired) electrons. The smallest absolute Gasteiger partial charge is 0.237 e. The van der Waals surface area contributed by atoms with Crippen molar-refractivity contribution in [1.82, 2.24) is 15.0 Å². The number of Topliss-reactive ketones (excluding diaryl/α,β-unsaturated/α-hetero) is 1. The molecule has 94 valence electrons. The van der Waals surface area contributed by atoms with E-state index < -0.39 is 0 Å². The molecule has 1 saturated carbocycles. The SMILES string of the molecule is CN(C)CCc1noc(C2CCCCC2=O)n1. The summed E-state index contributed by atoms with van der Waals surface area (Å²) in [5.74, 6) is 1.32. The van der Waals surface area contributed by atoms with Crippen molar-refractivity contribution in [1.29, 1.82) is 0 Å². The molecule has 0 saturated heterocycles. The molecule has 5 nitrogen and oxygen atoms in total. The van der Waals surface area contributed by atoms with E-state index in [-0.39, 0.29) is 11.7 Å². The highest BCUT2D eigenvalue weighted by Crippen LogP contribution is 2.28. The lowest BCUT2D eigenvalue weighted by Crippen LogP contribution is -2.18. The first kappa shape index (κ1) is 12.2. The lowest BCUT2D eigenvalue weighted by molar-refractivity contribution is -0.122. The van der Waals surface area contributed by atoms with Crippen molar-refractivity contribution < 1.29 is 9.32 Å². The Labute approximate surface area is 101 Å². The minimum atomic E-state index is -0.149. The second-order valence-electron chi connectivity index (χ2n) is 4.87. The van der Waals surface area contributed by atoms with Gasteiger partial charge >= 0.3 is 0 Å². The molecule has 1 aliphatic rings. The van der Waals surface area contributed by atoms with Crippen LogP contribution in [0.2, 0.25) is 0 Å². The van der Waals surface area contributed by atoms with Crippen LogP contribution >= 0.6 is 0 Å². The Bertz CT molecular complexity index is 387. The van der Waals surface area contributed by atoms with Gasteiger partial charge in [0, 0.05) is 19.4 Å². The van der Waals surface area contributed by atoms with Crippen LogP contribution in [-0.4, -0.2) is 41.5 Å². The Kier molecular flexibility index (Phi) is 3.89. The molecular formula is C12H19N3O2. The molecule has 1 atom stereocenters. The van der Waals surface area contributed by atoms with Crippen LogP contribution < -0.4 is 0 Å². The standard InChI is InChI=1S/C12H19N3O2/c1-15(2)8-7-11-13-12(17-14-11)9-5-3-4-6-10(9)16/h9H,3-8H2,1-2H3. The number of carbonyl (C=O) groups is 1. The van der Waals surface area contributed by atoms with E-state index in [2.05, 4.69) is 15.0 Å². The van der Waals surface area contributed by atoms with Crippen molar-refractivity contribution in [3.8, 4) is 0 Å². The fraction of sp³-hybridized carbons (Fsp3) is 0.750. The van der Waals surface area contributed by atoms with Gasteiger partial charge in [-0.3, -0.25) is 4.79 Å². The van der Waals surface area contributed by atoms with Gasteiger partial charge in [-0.15, -0.1) is 0 Å². The molecule has 1 aromatic heterocycles. The van der Waals surface area contributed by atoms with E-state index in [4.69, 9.17) is 4.52 Å². The maximum Gasteiger partial charge on any atom is 0.237 e. The molecule has 5 heteroatoms. The lowest BCUT2D eigenvalue weighted by Gasteiger charge is -2.16. The van der Waals surface area contributed by atoms with Gasteiger partial charge < -0.3 is 9.42 Å². The number of hydrogen-bond donors (Lipinski definition) is 0. The van der Waals surface area contributed by atoms with E-state index in [9.17, 15) is 4.79 Å². The maximum atomic E-state index is 11.7. The van der Waals surface area contributed by atoms with E-state index in [1.54, 1.807) is 0 Å². The zero-order valence-electron chi connectivity index (χ0n) is 10.5. The summed E-state index contributed by atoms with van der Waals surface area (Å²) >= 11 is 0. The van der Waals surface area contributed by atoms with Crippen molar-refractivity contribution in [3.63, 3.8) is 0 Å². The van der Waals surface area contributed by atoms with E-state index in [0.717, 1.165) is 32.2 Å². The Hall–Kier alpha value is -1.23. The molecule has 1 aromatic rings. The highest BCUT2D eigenvalue weighted by Gasteiger charge is 2.28. The summed E-state index contributed by atoms with van der Waals surface area (Å²) in [6.07, 6.45) is 4.34. The number of rotatable bonds is 4. The van der Waals surface area contributed by atoms with E-state index >= 15 is 0 Å². The van der Waals surface area contributed by atoms with Crippen LogP contribution in [0.3, 0.4) is 0 Å². The van der Waals surface area contributed by atoms with Gasteiger partial charge in [0.2, 0.25) is 5.89 Å². The van der Waals surface area contributed by atoms with Crippen LogP contribution in [0, 0.1) is 0 Å². The van der Waals surface area contributed by atoms with Crippen LogP contribution in [0.25, 0.3) is 0 Å². The molecule has 1 aliphatic carbocycles. The van der Waals surface area contributed by atoms with Gasteiger partial charge in [0.25, 0.3) is 0 Å². The number of aromatic nitrogens is 2.